The summed E-state index contributed by atoms with van der Waals surface area (Å²) < 4.78 is 3.61. The predicted octanol–water partition coefficient (Wildman–Crippen LogP) is 3.73. The first-order chi connectivity index (χ1) is 9.74. The van der Waals surface area contributed by atoms with E-state index in [4.69, 9.17) is 5.73 Å². The van der Waals surface area contributed by atoms with Gasteiger partial charge in [0.2, 0.25) is 0 Å². The average molecular weight is 283 g/mol. The van der Waals surface area contributed by atoms with E-state index in [1.54, 1.807) is 11.3 Å². The van der Waals surface area contributed by atoms with E-state index in [2.05, 4.69) is 40.7 Å². The lowest BCUT2D eigenvalue weighted by atomic mass is 9.93. The molecule has 0 aliphatic heterocycles. The number of hydrogen-bond acceptors (Lipinski definition) is 3. The average Bonchev–Trinajstić information content (AvgIpc) is 3.02. The lowest BCUT2D eigenvalue weighted by molar-refractivity contribution is 0.560. The van der Waals surface area contributed by atoms with Crippen molar-refractivity contribution < 1.29 is 0 Å². The van der Waals surface area contributed by atoms with Gasteiger partial charge in [0.25, 0.3) is 0 Å². The Balaban J connectivity index is 1.93. The van der Waals surface area contributed by atoms with Gasteiger partial charge in [-0.15, -0.1) is 11.3 Å². The molecule has 4 rings (SSSR count). The predicted molar refractivity (Wildman–Crippen MR) is 83.6 cm³/mol. The van der Waals surface area contributed by atoms with Crippen LogP contribution in [-0.4, -0.2) is 9.55 Å². The molecular weight excluding hydrogens is 266 g/mol. The zero-order valence-electron chi connectivity index (χ0n) is 11.5. The second-order valence-corrected chi connectivity index (χ2v) is 6.41. The minimum absolute atomic E-state index is 0.200. The summed E-state index contributed by atoms with van der Waals surface area (Å²) in [5, 5.41) is 0. The van der Waals surface area contributed by atoms with Gasteiger partial charge in [0.15, 0.2) is 0 Å². The second-order valence-electron chi connectivity index (χ2n) is 5.53. The van der Waals surface area contributed by atoms with E-state index in [0.29, 0.717) is 0 Å². The maximum atomic E-state index is 6.26. The molecule has 3 nitrogen and oxygen atoms in total. The minimum Gasteiger partial charge on any atom is -0.324 e. The van der Waals surface area contributed by atoms with Crippen molar-refractivity contribution in [1.82, 2.24) is 9.55 Å². The van der Waals surface area contributed by atoms with Crippen molar-refractivity contribution in [2.24, 2.45) is 5.73 Å². The zero-order chi connectivity index (χ0) is 13.7. The number of fused-ring (bicyclic) bond motifs is 2. The van der Waals surface area contributed by atoms with E-state index in [9.17, 15) is 0 Å². The monoisotopic (exact) mass is 283 g/mol. The Morgan fingerprint density at radius 3 is 3.15 bits per heavy atom. The largest absolute Gasteiger partial charge is 0.324 e. The van der Waals surface area contributed by atoms with Crippen molar-refractivity contribution in [2.75, 3.05) is 0 Å². The number of rotatable bonds is 1. The molecule has 0 amide bonds. The van der Waals surface area contributed by atoms with Crippen LogP contribution in [0.5, 0.6) is 0 Å². The van der Waals surface area contributed by atoms with E-state index in [0.717, 1.165) is 18.4 Å². The molecule has 20 heavy (non-hydrogen) atoms. The van der Waals surface area contributed by atoms with Gasteiger partial charge in [-0.2, -0.15) is 0 Å². The second kappa shape index (κ2) is 4.43. The summed E-state index contributed by atoms with van der Waals surface area (Å²) >= 11 is 1.69. The molecule has 0 radical (unpaired) electrons. The van der Waals surface area contributed by atoms with Crippen molar-refractivity contribution >= 4 is 21.6 Å². The number of aryl methyl sites for hydroxylation is 1. The van der Waals surface area contributed by atoms with Crippen LogP contribution in [0, 0.1) is 6.92 Å². The topological polar surface area (TPSA) is 43.8 Å². The highest BCUT2D eigenvalue weighted by molar-refractivity contribution is 7.16. The molecular formula is C16H17N3S. The molecule has 1 atom stereocenters. The fourth-order valence-electron chi connectivity index (χ4n) is 3.28. The third kappa shape index (κ3) is 1.72. The third-order valence-corrected chi connectivity index (χ3v) is 5.01. The van der Waals surface area contributed by atoms with Gasteiger partial charge in [-0.05, 0) is 56.0 Å². The molecule has 102 valence electrons. The number of thiazole rings is 1. The van der Waals surface area contributed by atoms with Crippen molar-refractivity contribution in [1.29, 1.82) is 0 Å². The van der Waals surface area contributed by atoms with Crippen LogP contribution in [0.1, 0.15) is 35.8 Å². The van der Waals surface area contributed by atoms with E-state index >= 15 is 0 Å². The van der Waals surface area contributed by atoms with E-state index in [1.807, 2.05) is 5.51 Å². The molecule has 1 aliphatic rings. The Morgan fingerprint density at radius 1 is 1.35 bits per heavy atom. The van der Waals surface area contributed by atoms with Crippen LogP contribution in [0.15, 0.2) is 29.8 Å². The zero-order valence-corrected chi connectivity index (χ0v) is 12.3. The summed E-state index contributed by atoms with van der Waals surface area (Å²) in [7, 11) is 0. The van der Waals surface area contributed by atoms with Gasteiger partial charge in [0.05, 0.1) is 15.7 Å². The summed E-state index contributed by atoms with van der Waals surface area (Å²) in [6.07, 6.45) is 3.41. The lowest BCUT2D eigenvalue weighted by Crippen LogP contribution is -2.17. The molecule has 2 heterocycles. The van der Waals surface area contributed by atoms with Crippen LogP contribution in [0.3, 0.4) is 0 Å². The van der Waals surface area contributed by atoms with Crippen LogP contribution >= 0.6 is 11.3 Å². The van der Waals surface area contributed by atoms with Crippen molar-refractivity contribution in [3.8, 4) is 5.69 Å². The maximum absolute atomic E-state index is 6.26. The van der Waals surface area contributed by atoms with E-state index in [1.165, 1.54) is 33.8 Å². The molecule has 3 aromatic rings. The van der Waals surface area contributed by atoms with Crippen LogP contribution in [-0.2, 0) is 6.42 Å². The molecule has 1 aliphatic carbocycles. The van der Waals surface area contributed by atoms with Crippen molar-refractivity contribution in [3.63, 3.8) is 0 Å². The SMILES string of the molecule is Cc1cc2c(n1-c1ccc3ncsc3c1)CCCC2N. The normalized spacial score (nSPS) is 18.4. The summed E-state index contributed by atoms with van der Waals surface area (Å²) in [4.78, 5) is 4.35. The van der Waals surface area contributed by atoms with Gasteiger partial charge in [0, 0.05) is 23.1 Å². The van der Waals surface area contributed by atoms with Crippen molar-refractivity contribution in [3.05, 3.63) is 46.7 Å². The van der Waals surface area contributed by atoms with Gasteiger partial charge in [-0.25, -0.2) is 4.98 Å². The number of hydrogen-bond donors (Lipinski definition) is 1. The molecule has 4 heteroatoms. The van der Waals surface area contributed by atoms with E-state index in [-0.39, 0.29) is 6.04 Å². The van der Waals surface area contributed by atoms with E-state index < -0.39 is 0 Å². The van der Waals surface area contributed by atoms with Crippen molar-refractivity contribution in [2.45, 2.75) is 32.2 Å². The third-order valence-electron chi connectivity index (χ3n) is 4.22. The molecule has 0 spiro atoms. The quantitative estimate of drug-likeness (QED) is 0.739. The van der Waals surface area contributed by atoms with Crippen LogP contribution < -0.4 is 5.73 Å². The van der Waals surface area contributed by atoms with Crippen LogP contribution in [0.4, 0.5) is 0 Å². The van der Waals surface area contributed by atoms with Crippen LogP contribution in [0.25, 0.3) is 15.9 Å². The van der Waals surface area contributed by atoms with Crippen LogP contribution in [0.2, 0.25) is 0 Å². The Labute approximate surface area is 122 Å². The molecule has 1 aromatic carbocycles. The Kier molecular flexibility index (Phi) is 2.69. The molecule has 1 unspecified atom stereocenters. The molecule has 0 bridgehead atoms. The first-order valence-corrected chi connectivity index (χ1v) is 7.92. The lowest BCUT2D eigenvalue weighted by Gasteiger charge is -2.21. The Morgan fingerprint density at radius 2 is 2.25 bits per heavy atom. The molecule has 2 N–H and O–H groups in total. The summed E-state index contributed by atoms with van der Waals surface area (Å²) in [6, 6.07) is 8.97. The first-order valence-electron chi connectivity index (χ1n) is 7.04. The highest BCUT2D eigenvalue weighted by Crippen LogP contribution is 2.33. The number of nitrogens with zero attached hydrogens (tertiary/aromatic N) is 2. The number of nitrogens with two attached hydrogens (primary N) is 1. The smallest absolute Gasteiger partial charge is 0.0813 e. The maximum Gasteiger partial charge on any atom is 0.0813 e. The number of aromatic nitrogens is 2. The first kappa shape index (κ1) is 12.1. The highest BCUT2D eigenvalue weighted by atomic mass is 32.1. The minimum atomic E-state index is 0.200. The Bertz CT molecular complexity index is 784. The number of benzene rings is 1. The van der Waals surface area contributed by atoms with Gasteiger partial charge < -0.3 is 10.3 Å². The van der Waals surface area contributed by atoms with Gasteiger partial charge >= 0.3 is 0 Å². The summed E-state index contributed by atoms with van der Waals surface area (Å²) in [5.41, 5.74) is 14.5. The van der Waals surface area contributed by atoms with Gasteiger partial charge in [-0.3, -0.25) is 0 Å². The summed E-state index contributed by atoms with van der Waals surface area (Å²) in [6.45, 7) is 2.17. The fraction of sp³-hybridized carbons (Fsp3) is 0.312. The molecule has 2 aromatic heterocycles. The van der Waals surface area contributed by atoms with Gasteiger partial charge in [0.1, 0.15) is 0 Å². The standard InChI is InChI=1S/C16H17N3S/c1-10-7-12-13(17)3-2-4-15(12)19(10)11-5-6-14-16(8-11)20-9-18-14/h5-9,13H,2-4,17H2,1H3. The molecule has 0 saturated heterocycles. The molecule has 0 saturated carbocycles. The van der Waals surface area contributed by atoms with Gasteiger partial charge in [-0.1, -0.05) is 0 Å². The summed E-state index contributed by atoms with van der Waals surface area (Å²) in [5.74, 6) is 0. The highest BCUT2D eigenvalue weighted by Gasteiger charge is 2.22. The molecule has 0 fully saturated rings. The fourth-order valence-corrected chi connectivity index (χ4v) is 3.99. The Hall–Kier alpha value is -1.65.